The summed E-state index contributed by atoms with van der Waals surface area (Å²) in [5, 5.41) is 24.3. The smallest absolute Gasteiger partial charge is 0.240 e. The normalized spacial score (nSPS) is 23.6. The van der Waals surface area contributed by atoms with Gasteiger partial charge in [0.05, 0.1) is 6.54 Å². The Morgan fingerprint density at radius 2 is 1.81 bits per heavy atom. The predicted octanol–water partition coefficient (Wildman–Crippen LogP) is 3.18. The molecule has 2 aromatic rings. The molecule has 202 valence electrons. The van der Waals surface area contributed by atoms with Crippen molar-refractivity contribution in [2.24, 2.45) is 11.3 Å². The number of hydrogen-bond acceptors (Lipinski definition) is 10. The number of carbonyl (C=O) groups is 1. The fraction of sp³-hybridized carbons (Fsp3) is 0.731. The van der Waals surface area contributed by atoms with Gasteiger partial charge in [0.1, 0.15) is 0 Å². The van der Waals surface area contributed by atoms with Crippen LogP contribution in [0.25, 0.3) is 0 Å². The fourth-order valence-electron chi connectivity index (χ4n) is 5.79. The summed E-state index contributed by atoms with van der Waals surface area (Å²) in [4.78, 5) is 19.9. The summed E-state index contributed by atoms with van der Waals surface area (Å²) in [6.45, 7) is 12.3. The van der Waals surface area contributed by atoms with Crippen molar-refractivity contribution in [3.05, 3.63) is 18.3 Å². The number of carbonyl (C=O) groups excluding carboxylic acids is 1. The molecule has 37 heavy (non-hydrogen) atoms. The summed E-state index contributed by atoms with van der Waals surface area (Å²) < 4.78 is 0. The van der Waals surface area contributed by atoms with Gasteiger partial charge in [-0.3, -0.25) is 15.0 Å². The highest BCUT2D eigenvalue weighted by atomic mass is 32.1. The van der Waals surface area contributed by atoms with E-state index in [9.17, 15) is 4.79 Å². The average molecular weight is 528 g/mol. The molecule has 1 amide bonds. The van der Waals surface area contributed by atoms with Gasteiger partial charge in [-0.05, 0) is 75.1 Å². The first-order valence-corrected chi connectivity index (χ1v) is 14.6. The van der Waals surface area contributed by atoms with Gasteiger partial charge >= 0.3 is 0 Å². The molecule has 0 radical (unpaired) electrons. The Hall–Kier alpha value is -2.37. The standard InChI is InChI=1S/C26H41N9OS/c1-26(2)9-6-20(7-10-26)17-33-12-4-13-34(16-15-33)19-23(36)29-25-32-31-24(37-25)28-21-8-14-35(18-21)22-5-3-11-27-30-22/h3,5,11,20-21H,4,6-10,12-19H2,1-2H3,(H,28,31)(H,29,32,36)/t21-/m1/s1. The quantitative estimate of drug-likeness (QED) is 0.536. The number of nitrogens with zero attached hydrogens (tertiary/aromatic N) is 7. The molecule has 4 heterocycles. The third-order valence-corrected chi connectivity index (χ3v) is 8.86. The molecule has 1 atom stereocenters. The highest BCUT2D eigenvalue weighted by Crippen LogP contribution is 2.38. The summed E-state index contributed by atoms with van der Waals surface area (Å²) in [5.41, 5.74) is 0.527. The van der Waals surface area contributed by atoms with E-state index in [4.69, 9.17) is 0 Å². The maximum Gasteiger partial charge on any atom is 0.240 e. The first-order valence-electron chi connectivity index (χ1n) is 13.8. The zero-order valence-electron chi connectivity index (χ0n) is 22.2. The highest BCUT2D eigenvalue weighted by Gasteiger charge is 2.29. The minimum atomic E-state index is -0.0136. The van der Waals surface area contributed by atoms with Crippen LogP contribution in [-0.2, 0) is 4.79 Å². The van der Waals surface area contributed by atoms with Crippen molar-refractivity contribution in [2.45, 2.75) is 58.4 Å². The van der Waals surface area contributed by atoms with Gasteiger partial charge in [0.2, 0.25) is 16.2 Å². The van der Waals surface area contributed by atoms with Crippen molar-refractivity contribution in [3.8, 4) is 0 Å². The number of rotatable bonds is 8. The zero-order chi connectivity index (χ0) is 25.7. The van der Waals surface area contributed by atoms with Crippen LogP contribution in [0.3, 0.4) is 0 Å². The topological polar surface area (TPSA) is 102 Å². The van der Waals surface area contributed by atoms with E-state index in [1.54, 1.807) is 6.20 Å². The van der Waals surface area contributed by atoms with Crippen molar-refractivity contribution in [1.82, 2.24) is 30.2 Å². The van der Waals surface area contributed by atoms with Crippen LogP contribution in [0.2, 0.25) is 0 Å². The molecule has 0 bridgehead atoms. The highest BCUT2D eigenvalue weighted by molar-refractivity contribution is 7.19. The molecule has 0 spiro atoms. The zero-order valence-corrected chi connectivity index (χ0v) is 23.0. The summed E-state index contributed by atoms with van der Waals surface area (Å²) in [6.07, 6.45) is 9.20. The molecule has 2 N–H and O–H groups in total. The predicted molar refractivity (Wildman–Crippen MR) is 148 cm³/mol. The van der Waals surface area contributed by atoms with E-state index < -0.39 is 0 Å². The van der Waals surface area contributed by atoms with Gasteiger partial charge in [0, 0.05) is 45.0 Å². The van der Waals surface area contributed by atoms with E-state index in [1.807, 2.05) is 12.1 Å². The van der Waals surface area contributed by atoms with Gasteiger partial charge in [-0.15, -0.1) is 15.3 Å². The number of hydrogen-bond donors (Lipinski definition) is 2. The molecule has 2 saturated heterocycles. The molecule has 10 nitrogen and oxygen atoms in total. The van der Waals surface area contributed by atoms with Gasteiger partial charge in [-0.2, -0.15) is 5.10 Å². The molecule has 3 aliphatic rings. The van der Waals surface area contributed by atoms with E-state index in [0.29, 0.717) is 17.1 Å². The molecular weight excluding hydrogens is 486 g/mol. The molecule has 1 aliphatic carbocycles. The lowest BCUT2D eigenvalue weighted by atomic mass is 9.73. The van der Waals surface area contributed by atoms with Crippen LogP contribution in [0.5, 0.6) is 0 Å². The van der Waals surface area contributed by atoms with Crippen LogP contribution in [0.1, 0.15) is 52.4 Å². The summed E-state index contributed by atoms with van der Waals surface area (Å²) in [7, 11) is 0. The Bertz CT molecular complexity index is 1010. The second kappa shape index (κ2) is 12.0. The number of nitrogens with one attached hydrogen (secondary N) is 2. The van der Waals surface area contributed by atoms with Crippen LogP contribution in [0, 0.1) is 11.3 Å². The maximum absolute atomic E-state index is 12.7. The maximum atomic E-state index is 12.7. The first-order chi connectivity index (χ1) is 17.9. The second-order valence-corrected chi connectivity index (χ2v) is 12.6. The Morgan fingerprint density at radius 3 is 2.62 bits per heavy atom. The van der Waals surface area contributed by atoms with Crippen molar-refractivity contribution in [1.29, 1.82) is 0 Å². The van der Waals surface area contributed by atoms with Gasteiger partial charge in [0.15, 0.2) is 5.82 Å². The van der Waals surface area contributed by atoms with E-state index in [1.165, 1.54) is 43.6 Å². The Kier molecular flexibility index (Phi) is 8.51. The minimum Gasteiger partial charge on any atom is -0.355 e. The van der Waals surface area contributed by atoms with Gasteiger partial charge in [-0.25, -0.2) is 0 Å². The molecule has 5 rings (SSSR count). The van der Waals surface area contributed by atoms with E-state index in [0.717, 1.165) is 69.0 Å². The lowest BCUT2D eigenvalue weighted by Gasteiger charge is -2.36. The monoisotopic (exact) mass is 527 g/mol. The molecule has 0 unspecified atom stereocenters. The fourth-order valence-corrected chi connectivity index (χ4v) is 6.53. The number of aromatic nitrogens is 4. The van der Waals surface area contributed by atoms with Crippen molar-refractivity contribution in [3.63, 3.8) is 0 Å². The molecule has 2 aliphatic heterocycles. The third-order valence-electron chi connectivity index (χ3n) is 8.09. The van der Waals surface area contributed by atoms with Gasteiger partial charge in [-0.1, -0.05) is 25.2 Å². The Morgan fingerprint density at radius 1 is 1.03 bits per heavy atom. The van der Waals surface area contributed by atoms with E-state index in [-0.39, 0.29) is 11.9 Å². The van der Waals surface area contributed by atoms with Gasteiger partial charge < -0.3 is 15.1 Å². The summed E-state index contributed by atoms with van der Waals surface area (Å²) >= 11 is 1.39. The lowest BCUT2D eigenvalue weighted by molar-refractivity contribution is -0.117. The van der Waals surface area contributed by atoms with Crippen LogP contribution in [0.4, 0.5) is 16.1 Å². The molecule has 3 fully saturated rings. The molecule has 2 aromatic heterocycles. The van der Waals surface area contributed by atoms with Gasteiger partial charge in [0.25, 0.3) is 0 Å². The van der Waals surface area contributed by atoms with Crippen LogP contribution < -0.4 is 15.5 Å². The van der Waals surface area contributed by atoms with Crippen LogP contribution in [0.15, 0.2) is 18.3 Å². The summed E-state index contributed by atoms with van der Waals surface area (Å²) in [5.74, 6) is 1.72. The minimum absolute atomic E-state index is 0.0136. The SMILES string of the molecule is CC1(C)CCC(CN2CCCN(CC(=O)Nc3nnc(N[C@@H]4CCN(c5cccnn5)C4)s3)CC2)CC1. The van der Waals surface area contributed by atoms with Crippen molar-refractivity contribution >= 4 is 33.3 Å². The average Bonchev–Trinajstić information content (AvgIpc) is 3.47. The molecule has 0 aromatic carbocycles. The Balaban J connectivity index is 1.02. The summed E-state index contributed by atoms with van der Waals surface area (Å²) in [6, 6.07) is 4.15. The van der Waals surface area contributed by atoms with Crippen molar-refractivity contribution in [2.75, 3.05) is 67.9 Å². The number of anilines is 3. The van der Waals surface area contributed by atoms with Crippen molar-refractivity contribution < 1.29 is 4.79 Å². The Labute approximate surface area is 224 Å². The second-order valence-electron chi connectivity index (χ2n) is 11.7. The molecule has 11 heteroatoms. The van der Waals surface area contributed by atoms with E-state index >= 15 is 0 Å². The van der Waals surface area contributed by atoms with Crippen LogP contribution >= 0.6 is 11.3 Å². The van der Waals surface area contributed by atoms with Crippen LogP contribution in [-0.4, -0.2) is 94.5 Å². The first kappa shape index (κ1) is 26.2. The lowest BCUT2D eigenvalue weighted by Crippen LogP contribution is -2.38. The number of amides is 1. The molecule has 1 saturated carbocycles. The molecular formula is C26H41N9OS. The largest absolute Gasteiger partial charge is 0.355 e. The third kappa shape index (κ3) is 7.58. The van der Waals surface area contributed by atoms with E-state index in [2.05, 4.69) is 59.6 Å².